The van der Waals surface area contributed by atoms with Crippen molar-refractivity contribution in [3.8, 4) is 17.0 Å². The van der Waals surface area contributed by atoms with Crippen LogP contribution in [0, 0.1) is 0 Å². The molecule has 0 bridgehead atoms. The smallest absolute Gasteiger partial charge is 0.247 e. The highest BCUT2D eigenvalue weighted by Crippen LogP contribution is 2.30. The number of nitrogens with one attached hydrogen (secondary N) is 1. The summed E-state index contributed by atoms with van der Waals surface area (Å²) in [5.74, 6) is 1.39. The maximum absolute atomic E-state index is 5.54. The zero-order chi connectivity index (χ0) is 21.8. The van der Waals surface area contributed by atoms with Crippen LogP contribution in [-0.4, -0.2) is 46.2 Å². The van der Waals surface area contributed by atoms with E-state index >= 15 is 0 Å². The van der Waals surface area contributed by atoms with E-state index in [4.69, 9.17) is 9.84 Å². The molecule has 1 fully saturated rings. The number of methoxy groups -OCH3 is 1. The molecule has 0 saturated carbocycles. The number of hydrogen-bond donors (Lipinski definition) is 1. The van der Waals surface area contributed by atoms with E-state index in [-0.39, 0.29) is 0 Å². The van der Waals surface area contributed by atoms with E-state index < -0.39 is 0 Å². The van der Waals surface area contributed by atoms with E-state index in [0.29, 0.717) is 5.95 Å². The van der Waals surface area contributed by atoms with Gasteiger partial charge in [0, 0.05) is 11.3 Å². The predicted molar refractivity (Wildman–Crippen MR) is 129 cm³/mol. The quantitative estimate of drug-likeness (QED) is 0.420. The Morgan fingerprint density at radius 2 is 1.75 bits per heavy atom. The van der Waals surface area contributed by atoms with Crippen LogP contribution >= 0.6 is 0 Å². The molecule has 6 heteroatoms. The van der Waals surface area contributed by atoms with E-state index in [2.05, 4.69) is 39.5 Å². The summed E-state index contributed by atoms with van der Waals surface area (Å²) in [5.41, 5.74) is 5.07. The maximum atomic E-state index is 5.54. The average Bonchev–Trinajstić information content (AvgIpc) is 3.49. The summed E-state index contributed by atoms with van der Waals surface area (Å²) >= 11 is 0. The fourth-order valence-electron chi connectivity index (χ4n) is 4.42. The van der Waals surface area contributed by atoms with Gasteiger partial charge >= 0.3 is 0 Å². The molecule has 32 heavy (non-hydrogen) atoms. The van der Waals surface area contributed by atoms with E-state index in [0.717, 1.165) is 34.8 Å². The van der Waals surface area contributed by atoms with Gasteiger partial charge in [0.2, 0.25) is 5.95 Å². The molecular weight excluding hydrogens is 398 g/mol. The molecule has 1 saturated heterocycles. The van der Waals surface area contributed by atoms with Gasteiger partial charge in [-0.05, 0) is 87.3 Å². The van der Waals surface area contributed by atoms with Crippen molar-refractivity contribution in [1.82, 2.24) is 19.5 Å². The summed E-state index contributed by atoms with van der Waals surface area (Å²) in [6.45, 7) is 3.75. The van der Waals surface area contributed by atoms with Crippen molar-refractivity contribution in [1.29, 1.82) is 0 Å². The van der Waals surface area contributed by atoms with Crippen molar-refractivity contribution in [3.05, 3.63) is 72.3 Å². The summed E-state index contributed by atoms with van der Waals surface area (Å²) in [5, 5.41) is 8.06. The van der Waals surface area contributed by atoms with Crippen molar-refractivity contribution in [2.45, 2.75) is 25.7 Å². The van der Waals surface area contributed by atoms with Crippen molar-refractivity contribution < 1.29 is 4.74 Å². The lowest BCUT2D eigenvalue weighted by atomic mass is 10.1. The molecule has 164 valence electrons. The molecule has 1 aliphatic rings. The average molecular weight is 428 g/mol. The molecule has 0 unspecified atom stereocenters. The van der Waals surface area contributed by atoms with Crippen molar-refractivity contribution in [2.24, 2.45) is 0 Å². The number of para-hydroxylation sites is 1. The number of fused-ring (bicyclic) bond motifs is 1. The second kappa shape index (κ2) is 9.40. The minimum Gasteiger partial charge on any atom is -0.496 e. The molecule has 1 aliphatic heterocycles. The Labute approximate surface area is 188 Å². The van der Waals surface area contributed by atoms with Crippen LogP contribution in [0.25, 0.3) is 16.9 Å². The number of rotatable bonds is 8. The van der Waals surface area contributed by atoms with Gasteiger partial charge in [-0.25, -0.2) is 4.52 Å². The topological polar surface area (TPSA) is 54.7 Å². The third kappa shape index (κ3) is 4.46. The molecule has 3 heterocycles. The normalized spacial score (nSPS) is 14.2. The summed E-state index contributed by atoms with van der Waals surface area (Å²) in [7, 11) is 1.68. The fraction of sp³-hybridized carbons (Fsp3) is 0.308. The van der Waals surface area contributed by atoms with E-state index in [9.17, 15) is 0 Å². The number of likely N-dealkylation sites (tertiary alicyclic amines) is 1. The van der Waals surface area contributed by atoms with E-state index in [1.165, 1.54) is 44.5 Å². The number of hydrogen-bond acceptors (Lipinski definition) is 5. The van der Waals surface area contributed by atoms with Gasteiger partial charge in [0.15, 0.2) is 5.65 Å². The van der Waals surface area contributed by atoms with E-state index in [1.807, 2.05) is 47.0 Å². The van der Waals surface area contributed by atoms with Crippen LogP contribution in [0.15, 0.2) is 66.7 Å². The van der Waals surface area contributed by atoms with Gasteiger partial charge in [-0.3, -0.25) is 0 Å². The Hall–Kier alpha value is -3.38. The van der Waals surface area contributed by atoms with Crippen molar-refractivity contribution in [2.75, 3.05) is 32.1 Å². The largest absolute Gasteiger partial charge is 0.496 e. The highest BCUT2D eigenvalue weighted by atomic mass is 16.5. The first-order valence-electron chi connectivity index (χ1n) is 11.4. The Morgan fingerprint density at radius 3 is 2.56 bits per heavy atom. The van der Waals surface area contributed by atoms with Crippen LogP contribution in [0.2, 0.25) is 0 Å². The minimum atomic E-state index is 0.578. The maximum Gasteiger partial charge on any atom is 0.247 e. The summed E-state index contributed by atoms with van der Waals surface area (Å²) in [6, 6.07) is 22.5. The van der Waals surface area contributed by atoms with Gasteiger partial charge in [0.1, 0.15) is 5.75 Å². The lowest BCUT2D eigenvalue weighted by Crippen LogP contribution is -2.20. The van der Waals surface area contributed by atoms with Crippen LogP contribution < -0.4 is 10.1 Å². The van der Waals surface area contributed by atoms with Gasteiger partial charge in [0.25, 0.3) is 0 Å². The van der Waals surface area contributed by atoms with Crippen molar-refractivity contribution in [3.63, 3.8) is 0 Å². The van der Waals surface area contributed by atoms with Gasteiger partial charge in [-0.2, -0.15) is 4.98 Å². The zero-order valence-electron chi connectivity index (χ0n) is 18.5. The first-order chi connectivity index (χ1) is 15.8. The van der Waals surface area contributed by atoms with Crippen molar-refractivity contribution >= 4 is 17.3 Å². The molecule has 2 aromatic carbocycles. The van der Waals surface area contributed by atoms with Crippen LogP contribution in [0.4, 0.5) is 11.6 Å². The molecule has 1 N–H and O–H groups in total. The number of anilines is 2. The lowest BCUT2D eigenvalue weighted by molar-refractivity contribution is 0.334. The molecule has 4 aromatic rings. The van der Waals surface area contributed by atoms with Gasteiger partial charge in [-0.1, -0.05) is 30.3 Å². The monoisotopic (exact) mass is 427 g/mol. The Balaban J connectivity index is 1.29. The molecule has 0 radical (unpaired) electrons. The Morgan fingerprint density at radius 1 is 0.938 bits per heavy atom. The number of aryl methyl sites for hydroxylation is 1. The van der Waals surface area contributed by atoms with Crippen LogP contribution in [-0.2, 0) is 6.42 Å². The Bertz CT molecular complexity index is 1180. The molecule has 6 nitrogen and oxygen atoms in total. The predicted octanol–water partition coefficient (Wildman–Crippen LogP) is 5.18. The molecule has 0 spiro atoms. The zero-order valence-corrected chi connectivity index (χ0v) is 18.5. The van der Waals surface area contributed by atoms with Gasteiger partial charge in [0.05, 0.1) is 12.8 Å². The molecule has 5 rings (SSSR count). The third-order valence-electron chi connectivity index (χ3n) is 6.09. The lowest BCUT2D eigenvalue weighted by Gasteiger charge is -2.14. The summed E-state index contributed by atoms with van der Waals surface area (Å²) < 4.78 is 7.39. The fourth-order valence-corrected chi connectivity index (χ4v) is 4.42. The van der Waals surface area contributed by atoms with E-state index in [1.54, 1.807) is 7.11 Å². The molecule has 0 atom stereocenters. The molecule has 0 aliphatic carbocycles. The summed E-state index contributed by atoms with van der Waals surface area (Å²) in [6.07, 6.45) is 5.05. The standard InChI is InChI=1S/C26H29N5O/c1-32-24-11-3-2-9-22(24)23-10-6-12-25-28-26(29-31(23)25)27-21-15-13-20(14-16-21)8-7-19-30-17-4-5-18-30/h2-3,6,9-16H,4-5,7-8,17-19H2,1H3,(H,27,29). The number of ether oxygens (including phenoxy) is 1. The highest BCUT2D eigenvalue weighted by Gasteiger charge is 2.13. The van der Waals surface area contributed by atoms with Crippen LogP contribution in [0.3, 0.4) is 0 Å². The second-order valence-electron chi connectivity index (χ2n) is 8.29. The molecule has 2 aromatic heterocycles. The number of pyridine rings is 1. The SMILES string of the molecule is COc1ccccc1-c1cccc2nc(Nc3ccc(CCCN4CCCC4)cc3)nn12. The van der Waals surface area contributed by atoms with Crippen LogP contribution in [0.1, 0.15) is 24.8 Å². The summed E-state index contributed by atoms with van der Waals surface area (Å²) in [4.78, 5) is 7.23. The van der Waals surface area contributed by atoms with Gasteiger partial charge in [-0.15, -0.1) is 5.10 Å². The Kier molecular flexibility index (Phi) is 6.03. The second-order valence-corrected chi connectivity index (χ2v) is 8.29. The first-order valence-corrected chi connectivity index (χ1v) is 11.4. The third-order valence-corrected chi connectivity index (χ3v) is 6.09. The van der Waals surface area contributed by atoms with Gasteiger partial charge < -0.3 is 15.0 Å². The number of nitrogens with zero attached hydrogens (tertiary/aromatic N) is 4. The first kappa shape index (κ1) is 20.5. The molecular formula is C26H29N5O. The van der Waals surface area contributed by atoms with Crippen LogP contribution in [0.5, 0.6) is 5.75 Å². The number of benzene rings is 2. The molecule has 0 amide bonds. The highest BCUT2D eigenvalue weighted by molar-refractivity contribution is 5.70. The minimum absolute atomic E-state index is 0.578. The number of aromatic nitrogens is 3.